The van der Waals surface area contributed by atoms with E-state index < -0.39 is 53.3 Å². The molecule has 1 saturated carbocycles. The lowest BCUT2D eigenvalue weighted by molar-refractivity contribution is -0.175. The number of piperidine rings is 1. The monoisotopic (exact) mass is 574 g/mol. The molecule has 0 aromatic heterocycles. The molecule has 6 atom stereocenters. The van der Waals surface area contributed by atoms with E-state index in [-0.39, 0.29) is 42.5 Å². The Morgan fingerprint density at radius 2 is 1.77 bits per heavy atom. The number of amides is 5. The lowest BCUT2D eigenvalue weighted by atomic mass is 9.82. The number of hydrogen-bond acceptors (Lipinski definition) is 6. The highest BCUT2D eigenvalue weighted by Crippen LogP contribution is 2.65. The van der Waals surface area contributed by atoms with Crippen LogP contribution in [0, 0.1) is 22.7 Å². The van der Waals surface area contributed by atoms with E-state index in [9.17, 15) is 37.1 Å². The average Bonchev–Trinajstić information content (AvgIpc) is 3.14. The number of nitrogens with two attached hydrogens (primary N) is 1. The van der Waals surface area contributed by atoms with Gasteiger partial charge < -0.3 is 31.5 Å². The minimum Gasteiger partial charge on any atom is -0.368 e. The molecule has 2 heterocycles. The predicted molar refractivity (Wildman–Crippen MR) is 138 cm³/mol. The fraction of sp³-hybridized carbons (Fsp3) is 0.808. The van der Waals surface area contributed by atoms with Crippen LogP contribution in [0.1, 0.15) is 52.9 Å². The number of alkyl halides is 3. The van der Waals surface area contributed by atoms with E-state index in [1.54, 1.807) is 6.92 Å². The van der Waals surface area contributed by atoms with Crippen molar-refractivity contribution in [3.05, 3.63) is 0 Å². The van der Waals surface area contributed by atoms with Crippen LogP contribution >= 0.6 is 0 Å². The molecule has 2 aliphatic heterocycles. The smallest absolute Gasteiger partial charge is 0.368 e. The molecule has 14 heteroatoms. The Kier molecular flexibility index (Phi) is 9.12. The molecular weight excluding hydrogens is 533 g/mol. The van der Waals surface area contributed by atoms with E-state index in [2.05, 4.69) is 10.6 Å². The van der Waals surface area contributed by atoms with Crippen LogP contribution in [0.25, 0.3) is 0 Å². The molecule has 0 radical (unpaired) electrons. The summed E-state index contributed by atoms with van der Waals surface area (Å²) in [5.41, 5.74) is 4.34. The summed E-state index contributed by atoms with van der Waals surface area (Å²) in [4.78, 5) is 66.7. The molecule has 5 amide bonds. The minimum atomic E-state index is -5.18. The normalized spacial score (nSPS) is 28.5. The molecule has 2 saturated heterocycles. The number of nitrogens with one attached hydrogen (secondary N) is 3. The molecule has 0 spiro atoms. The summed E-state index contributed by atoms with van der Waals surface area (Å²) >= 11 is 0. The second-order valence-electron chi connectivity index (χ2n) is 12.4. The summed E-state index contributed by atoms with van der Waals surface area (Å²) in [5, 5.41) is 7.15. The third kappa shape index (κ3) is 6.69. The Morgan fingerprint density at radius 1 is 1.12 bits per heavy atom. The number of carbonyl (C=O) groups excluding carboxylic acids is 5. The van der Waals surface area contributed by atoms with Crippen LogP contribution in [0.4, 0.5) is 13.2 Å². The fourth-order valence-corrected chi connectivity index (χ4v) is 6.19. The number of halogens is 3. The molecule has 11 nitrogen and oxygen atoms in total. The van der Waals surface area contributed by atoms with Gasteiger partial charge in [0.05, 0.1) is 5.41 Å². The summed E-state index contributed by atoms with van der Waals surface area (Å²) in [5.74, 6) is -5.12. The number of primary amides is 1. The molecular formula is C26H41F3N6O5. The Labute approximate surface area is 232 Å². The van der Waals surface area contributed by atoms with Crippen molar-refractivity contribution in [2.75, 3.05) is 33.7 Å². The Balaban J connectivity index is 1.80. The molecule has 40 heavy (non-hydrogen) atoms. The standard InChI is InChI=1S/C26H41F3N6O5/c1-24(2)14-13-35(21(38)15(8-6-7-11-34(4)5)33-23(40)26(27,28)29)18(17(14)24)20(37)32-16(19(30)36)12-25(3)9-10-31-22(25)39/h14-18H,6-13H2,1-5H3,(H2,30,36)(H,31,39)(H,32,37)(H,33,40)/t14-,15-,16-,17-,18-,25-/m0/s1. The first-order valence-electron chi connectivity index (χ1n) is 13.6. The van der Waals surface area contributed by atoms with Crippen LogP contribution in [0.2, 0.25) is 0 Å². The zero-order valence-electron chi connectivity index (χ0n) is 23.7. The highest BCUT2D eigenvalue weighted by Gasteiger charge is 2.69. The Morgan fingerprint density at radius 3 is 2.30 bits per heavy atom. The first kappa shape index (κ1) is 31.6. The highest BCUT2D eigenvalue weighted by atomic mass is 19.4. The summed E-state index contributed by atoms with van der Waals surface area (Å²) in [6.07, 6.45) is -3.82. The second kappa shape index (κ2) is 11.5. The van der Waals surface area contributed by atoms with E-state index >= 15 is 0 Å². The van der Waals surface area contributed by atoms with Gasteiger partial charge in [-0.2, -0.15) is 13.2 Å². The molecule has 3 rings (SSSR count). The third-order valence-corrected chi connectivity index (χ3v) is 8.79. The zero-order valence-corrected chi connectivity index (χ0v) is 23.7. The van der Waals surface area contributed by atoms with E-state index in [1.807, 2.05) is 38.2 Å². The van der Waals surface area contributed by atoms with Crippen molar-refractivity contribution in [2.24, 2.45) is 28.4 Å². The van der Waals surface area contributed by atoms with E-state index in [4.69, 9.17) is 5.73 Å². The van der Waals surface area contributed by atoms with Gasteiger partial charge in [0.15, 0.2) is 0 Å². The third-order valence-electron chi connectivity index (χ3n) is 8.79. The number of nitrogens with zero attached hydrogens (tertiary/aromatic N) is 2. The van der Waals surface area contributed by atoms with Crippen LogP contribution in [0.5, 0.6) is 0 Å². The van der Waals surface area contributed by atoms with Crippen LogP contribution in [-0.4, -0.2) is 97.4 Å². The molecule has 1 aliphatic carbocycles. The van der Waals surface area contributed by atoms with Crippen LogP contribution in [-0.2, 0) is 24.0 Å². The number of hydrogen-bond donors (Lipinski definition) is 4. The molecule has 3 fully saturated rings. The molecule has 3 aliphatic rings. The first-order valence-corrected chi connectivity index (χ1v) is 13.6. The van der Waals surface area contributed by atoms with Gasteiger partial charge in [-0.3, -0.25) is 24.0 Å². The van der Waals surface area contributed by atoms with Gasteiger partial charge in [-0.1, -0.05) is 20.8 Å². The number of likely N-dealkylation sites (tertiary alicyclic amines) is 1. The first-order chi connectivity index (χ1) is 18.4. The predicted octanol–water partition coefficient (Wildman–Crippen LogP) is 0.135. The maximum absolute atomic E-state index is 13.6. The van der Waals surface area contributed by atoms with Crippen molar-refractivity contribution in [1.29, 1.82) is 0 Å². The van der Waals surface area contributed by atoms with Gasteiger partial charge in [0.2, 0.25) is 23.6 Å². The lowest BCUT2D eigenvalue weighted by Crippen LogP contribution is -2.59. The number of rotatable bonds is 12. The van der Waals surface area contributed by atoms with Crippen molar-refractivity contribution in [3.63, 3.8) is 0 Å². The molecule has 0 bridgehead atoms. The summed E-state index contributed by atoms with van der Waals surface area (Å²) in [6, 6.07) is -3.72. The second-order valence-corrected chi connectivity index (χ2v) is 12.4. The summed E-state index contributed by atoms with van der Waals surface area (Å²) in [6.45, 7) is 6.75. The van der Waals surface area contributed by atoms with Crippen molar-refractivity contribution < 1.29 is 37.1 Å². The Bertz CT molecular complexity index is 1030. The fourth-order valence-electron chi connectivity index (χ4n) is 6.19. The van der Waals surface area contributed by atoms with Crippen molar-refractivity contribution in [3.8, 4) is 0 Å². The number of unbranched alkanes of at least 4 members (excludes halogenated alkanes) is 1. The van der Waals surface area contributed by atoms with Crippen molar-refractivity contribution in [1.82, 2.24) is 25.8 Å². The number of fused-ring (bicyclic) bond motifs is 1. The highest BCUT2D eigenvalue weighted by molar-refractivity contribution is 5.96. The van der Waals surface area contributed by atoms with Gasteiger partial charge in [0, 0.05) is 13.1 Å². The van der Waals surface area contributed by atoms with Gasteiger partial charge in [-0.15, -0.1) is 0 Å². The topological polar surface area (TPSA) is 154 Å². The van der Waals surface area contributed by atoms with Gasteiger partial charge >= 0.3 is 12.1 Å². The molecule has 226 valence electrons. The molecule has 0 aromatic carbocycles. The van der Waals surface area contributed by atoms with Crippen LogP contribution in [0.15, 0.2) is 0 Å². The maximum atomic E-state index is 13.6. The van der Waals surface area contributed by atoms with Gasteiger partial charge in [0.1, 0.15) is 18.1 Å². The average molecular weight is 575 g/mol. The van der Waals surface area contributed by atoms with Gasteiger partial charge in [0.25, 0.3) is 0 Å². The van der Waals surface area contributed by atoms with E-state index in [0.717, 1.165) is 0 Å². The van der Waals surface area contributed by atoms with Gasteiger partial charge in [-0.05, 0) is 70.0 Å². The Hall–Kier alpha value is -2.90. The largest absolute Gasteiger partial charge is 0.471 e. The van der Waals surface area contributed by atoms with Crippen LogP contribution < -0.4 is 21.7 Å². The summed E-state index contributed by atoms with van der Waals surface area (Å²) < 4.78 is 39.3. The quantitative estimate of drug-likeness (QED) is 0.243. The summed E-state index contributed by atoms with van der Waals surface area (Å²) in [7, 11) is 3.68. The lowest BCUT2D eigenvalue weighted by Gasteiger charge is -2.34. The van der Waals surface area contributed by atoms with E-state index in [1.165, 1.54) is 4.90 Å². The SMILES string of the molecule is CN(C)CCCC[C@H](NC(=O)C(F)(F)F)C(=O)N1C[C@H]2[C@@H]([C@H]1C(=O)N[C@@H](C[C@]1(C)CCNC1=O)C(N)=O)C2(C)C. The van der Waals surface area contributed by atoms with Gasteiger partial charge in [-0.25, -0.2) is 0 Å². The van der Waals surface area contributed by atoms with Crippen LogP contribution in [0.3, 0.4) is 0 Å². The van der Waals surface area contributed by atoms with Crippen molar-refractivity contribution in [2.45, 2.75) is 77.2 Å². The van der Waals surface area contributed by atoms with Crippen molar-refractivity contribution >= 4 is 29.5 Å². The zero-order chi connectivity index (χ0) is 30.2. The molecule has 5 N–H and O–H groups in total. The minimum absolute atomic E-state index is 0.0323. The molecule has 0 unspecified atom stereocenters. The molecule has 0 aromatic rings. The number of carbonyl (C=O) groups is 5. The van der Waals surface area contributed by atoms with E-state index in [0.29, 0.717) is 32.4 Å². The maximum Gasteiger partial charge on any atom is 0.471 e.